The molecule has 1 aromatic carbocycles. The number of nitrogens with one attached hydrogen (secondary N) is 1. The Bertz CT molecular complexity index is 1140. The summed E-state index contributed by atoms with van der Waals surface area (Å²) in [7, 11) is 0. The van der Waals surface area contributed by atoms with E-state index in [1.165, 1.54) is 11.0 Å². The van der Waals surface area contributed by atoms with Crippen LogP contribution in [0.4, 0.5) is 4.39 Å². The number of hydrogen-bond acceptors (Lipinski definition) is 5. The van der Waals surface area contributed by atoms with Crippen LogP contribution < -0.4 is 5.32 Å². The quantitative estimate of drug-likeness (QED) is 0.721. The number of imide groups is 1. The van der Waals surface area contributed by atoms with Crippen molar-refractivity contribution in [2.45, 2.75) is 44.2 Å². The summed E-state index contributed by atoms with van der Waals surface area (Å²) in [6.07, 6.45) is 4.85. The number of piperidine rings is 2. The van der Waals surface area contributed by atoms with Crippen LogP contribution >= 0.6 is 0 Å². The molecule has 9 heteroatoms. The van der Waals surface area contributed by atoms with Gasteiger partial charge in [-0.05, 0) is 54.5 Å². The van der Waals surface area contributed by atoms with Crippen molar-refractivity contribution >= 4 is 23.6 Å². The lowest BCUT2D eigenvalue weighted by molar-refractivity contribution is -0.136. The Balaban J connectivity index is 1.29. The Morgan fingerprint density at radius 1 is 1.06 bits per heavy atom. The molecule has 3 aliphatic heterocycles. The van der Waals surface area contributed by atoms with Gasteiger partial charge in [-0.2, -0.15) is 0 Å². The number of likely N-dealkylation sites (tertiary alicyclic amines) is 1. The molecule has 0 saturated carbocycles. The van der Waals surface area contributed by atoms with Crippen molar-refractivity contribution in [3.63, 3.8) is 0 Å². The number of fused-ring (bicyclic) bond motifs is 1. The molecule has 170 valence electrons. The average Bonchev–Trinajstić information content (AvgIpc) is 3.14. The SMILES string of the molecule is O=C1CCC(N2Cc3cc(C4CCN(C(=O)c5ccncc5)CC4)c(F)cc3C2=O)C(=O)N1. The van der Waals surface area contributed by atoms with E-state index in [0.29, 0.717) is 42.6 Å². The predicted octanol–water partition coefficient (Wildman–Crippen LogP) is 2.00. The Labute approximate surface area is 189 Å². The molecule has 0 radical (unpaired) electrons. The van der Waals surface area contributed by atoms with E-state index in [4.69, 9.17) is 0 Å². The van der Waals surface area contributed by atoms with Gasteiger partial charge >= 0.3 is 0 Å². The fourth-order valence-corrected chi connectivity index (χ4v) is 4.99. The second kappa shape index (κ2) is 8.38. The number of carbonyl (C=O) groups excluding carboxylic acids is 4. The first kappa shape index (κ1) is 21.2. The van der Waals surface area contributed by atoms with Gasteiger partial charge in [-0.1, -0.05) is 6.07 Å². The Morgan fingerprint density at radius 3 is 2.48 bits per heavy atom. The fourth-order valence-electron chi connectivity index (χ4n) is 4.99. The summed E-state index contributed by atoms with van der Waals surface area (Å²) in [6, 6.07) is 5.64. The van der Waals surface area contributed by atoms with Gasteiger partial charge < -0.3 is 9.80 Å². The smallest absolute Gasteiger partial charge is 0.255 e. The van der Waals surface area contributed by atoms with Crippen LogP contribution in [0.3, 0.4) is 0 Å². The number of nitrogens with zero attached hydrogens (tertiary/aromatic N) is 3. The Kier molecular flexibility index (Phi) is 5.39. The molecule has 2 fully saturated rings. The molecule has 4 amide bonds. The maximum absolute atomic E-state index is 15.0. The Hall–Kier alpha value is -3.62. The molecule has 1 unspecified atom stereocenters. The summed E-state index contributed by atoms with van der Waals surface area (Å²) in [4.78, 5) is 56.3. The van der Waals surface area contributed by atoms with Crippen LogP contribution in [0.25, 0.3) is 0 Å². The minimum Gasteiger partial charge on any atom is -0.339 e. The molecule has 3 aliphatic rings. The van der Waals surface area contributed by atoms with Gasteiger partial charge in [-0.25, -0.2) is 4.39 Å². The summed E-state index contributed by atoms with van der Waals surface area (Å²) >= 11 is 0. The number of hydrogen-bond donors (Lipinski definition) is 1. The van der Waals surface area contributed by atoms with Crippen LogP contribution in [-0.4, -0.2) is 57.5 Å². The largest absolute Gasteiger partial charge is 0.339 e. The van der Waals surface area contributed by atoms with Gasteiger partial charge in [0.05, 0.1) is 0 Å². The van der Waals surface area contributed by atoms with Crippen LogP contribution in [0.15, 0.2) is 36.7 Å². The van der Waals surface area contributed by atoms with Crippen LogP contribution in [0.1, 0.15) is 63.4 Å². The maximum atomic E-state index is 15.0. The van der Waals surface area contributed by atoms with Crippen molar-refractivity contribution in [2.75, 3.05) is 13.1 Å². The molecule has 1 atom stereocenters. The molecule has 2 aromatic rings. The number of carbonyl (C=O) groups is 4. The molecule has 8 nitrogen and oxygen atoms in total. The molecule has 0 aliphatic carbocycles. The van der Waals surface area contributed by atoms with E-state index < -0.39 is 17.8 Å². The van der Waals surface area contributed by atoms with Crippen molar-refractivity contribution in [1.82, 2.24) is 20.1 Å². The van der Waals surface area contributed by atoms with E-state index in [-0.39, 0.29) is 48.6 Å². The van der Waals surface area contributed by atoms with Crippen LogP contribution in [0.5, 0.6) is 0 Å². The zero-order valence-corrected chi connectivity index (χ0v) is 17.9. The second-order valence-electron chi connectivity index (χ2n) is 8.73. The molecule has 2 saturated heterocycles. The number of rotatable bonds is 3. The topological polar surface area (TPSA) is 99.7 Å². The van der Waals surface area contributed by atoms with Crippen molar-refractivity contribution < 1.29 is 23.6 Å². The van der Waals surface area contributed by atoms with Gasteiger partial charge in [0.2, 0.25) is 11.8 Å². The fraction of sp³-hybridized carbons (Fsp3) is 0.375. The first-order valence-electron chi connectivity index (χ1n) is 11.1. The summed E-state index contributed by atoms with van der Waals surface area (Å²) in [6.45, 7) is 1.25. The standard InChI is InChI=1S/C24H23FN4O4/c25-19-12-18-16(13-29(24(18)33)20-1-2-21(30)27-22(20)31)11-17(19)14-5-9-28(10-6-14)23(32)15-3-7-26-8-4-15/h3-4,7-8,11-12,14,20H,1-2,5-6,9-10,13H2,(H,27,30,31). The van der Waals surface area contributed by atoms with Gasteiger partial charge in [0.25, 0.3) is 11.8 Å². The zero-order valence-electron chi connectivity index (χ0n) is 17.9. The summed E-state index contributed by atoms with van der Waals surface area (Å²) in [5.74, 6) is -1.78. The predicted molar refractivity (Wildman–Crippen MR) is 115 cm³/mol. The summed E-state index contributed by atoms with van der Waals surface area (Å²) < 4.78 is 15.0. The highest BCUT2D eigenvalue weighted by molar-refractivity contribution is 6.05. The first-order chi connectivity index (χ1) is 15.9. The summed E-state index contributed by atoms with van der Waals surface area (Å²) in [5, 5.41) is 2.27. The van der Waals surface area contributed by atoms with Crippen LogP contribution in [0, 0.1) is 5.82 Å². The van der Waals surface area contributed by atoms with Crippen molar-refractivity contribution in [1.29, 1.82) is 0 Å². The van der Waals surface area contributed by atoms with Crippen molar-refractivity contribution in [2.24, 2.45) is 0 Å². The molecule has 1 N–H and O–H groups in total. The maximum Gasteiger partial charge on any atom is 0.255 e. The van der Waals surface area contributed by atoms with E-state index in [2.05, 4.69) is 10.3 Å². The average molecular weight is 450 g/mol. The van der Waals surface area contributed by atoms with E-state index in [1.54, 1.807) is 35.5 Å². The van der Waals surface area contributed by atoms with E-state index >= 15 is 4.39 Å². The summed E-state index contributed by atoms with van der Waals surface area (Å²) in [5.41, 5.74) is 2.09. The third-order valence-corrected chi connectivity index (χ3v) is 6.79. The van der Waals surface area contributed by atoms with E-state index in [9.17, 15) is 19.2 Å². The number of halogens is 1. The number of pyridine rings is 1. The van der Waals surface area contributed by atoms with Crippen LogP contribution in [-0.2, 0) is 16.1 Å². The van der Waals surface area contributed by atoms with Gasteiger partial charge in [-0.3, -0.25) is 29.5 Å². The molecule has 33 heavy (non-hydrogen) atoms. The van der Waals surface area contributed by atoms with E-state index in [0.717, 1.165) is 0 Å². The third-order valence-electron chi connectivity index (χ3n) is 6.79. The lowest BCUT2D eigenvalue weighted by Gasteiger charge is -2.32. The minimum atomic E-state index is -0.725. The molecule has 0 spiro atoms. The van der Waals surface area contributed by atoms with Gasteiger partial charge in [-0.15, -0.1) is 0 Å². The third kappa shape index (κ3) is 3.88. The molecular formula is C24H23FN4O4. The molecule has 1 aromatic heterocycles. The number of amides is 4. The first-order valence-corrected chi connectivity index (χ1v) is 11.1. The van der Waals surface area contributed by atoms with Crippen molar-refractivity contribution in [3.8, 4) is 0 Å². The highest BCUT2D eigenvalue weighted by atomic mass is 19.1. The number of benzene rings is 1. The monoisotopic (exact) mass is 450 g/mol. The van der Waals surface area contributed by atoms with Crippen LogP contribution in [0.2, 0.25) is 0 Å². The Morgan fingerprint density at radius 2 is 1.79 bits per heavy atom. The lowest BCUT2D eigenvalue weighted by Crippen LogP contribution is -2.52. The minimum absolute atomic E-state index is 0.0588. The molecule has 0 bridgehead atoms. The number of aromatic nitrogens is 1. The molecule has 4 heterocycles. The van der Waals surface area contributed by atoms with Crippen molar-refractivity contribution in [3.05, 3.63) is 64.7 Å². The zero-order chi connectivity index (χ0) is 23.1. The second-order valence-corrected chi connectivity index (χ2v) is 8.73. The van der Waals surface area contributed by atoms with Gasteiger partial charge in [0, 0.05) is 49.6 Å². The van der Waals surface area contributed by atoms with Gasteiger partial charge in [0.15, 0.2) is 0 Å². The highest BCUT2D eigenvalue weighted by Gasteiger charge is 2.40. The lowest BCUT2D eigenvalue weighted by atomic mass is 9.87. The van der Waals surface area contributed by atoms with E-state index in [1.807, 2.05) is 0 Å². The molecular weight excluding hydrogens is 427 g/mol. The normalized spacial score (nSPS) is 21.2. The van der Waals surface area contributed by atoms with Gasteiger partial charge in [0.1, 0.15) is 11.9 Å². The highest BCUT2D eigenvalue weighted by Crippen LogP contribution is 2.35. The molecule has 5 rings (SSSR count).